The Morgan fingerprint density at radius 3 is 2.88 bits per heavy atom. The highest BCUT2D eigenvalue weighted by Gasteiger charge is 2.09. The van der Waals surface area contributed by atoms with E-state index in [9.17, 15) is 4.39 Å². The van der Waals surface area contributed by atoms with E-state index >= 15 is 0 Å². The molecule has 0 N–H and O–H groups in total. The molecule has 1 heterocycles. The van der Waals surface area contributed by atoms with E-state index in [1.54, 1.807) is 13.2 Å². The van der Waals surface area contributed by atoms with Gasteiger partial charge in [-0.3, -0.25) is 0 Å². The number of hydrogen-bond donors (Lipinski definition) is 0. The van der Waals surface area contributed by atoms with Crippen molar-refractivity contribution in [3.8, 4) is 0 Å². The standard InChI is InChI=1S/C11H8ClFINO/c1-16-5-7-4-9(12)8-2-6(13)3-10(14)11(8)15-7/h2-4H,5H2,1H3. The minimum Gasteiger partial charge on any atom is -0.378 e. The smallest absolute Gasteiger partial charge is 0.125 e. The minimum absolute atomic E-state index is 0.305. The van der Waals surface area contributed by atoms with Crippen LogP contribution in [0.25, 0.3) is 10.9 Å². The molecule has 0 aliphatic carbocycles. The monoisotopic (exact) mass is 351 g/mol. The molecule has 0 aliphatic heterocycles. The number of ether oxygens (including phenoxy) is 1. The third-order valence-electron chi connectivity index (χ3n) is 2.13. The molecule has 0 aliphatic rings. The van der Waals surface area contributed by atoms with Crippen molar-refractivity contribution in [1.82, 2.24) is 4.98 Å². The molecule has 0 fully saturated rings. The molecule has 2 aromatic rings. The zero-order valence-corrected chi connectivity index (χ0v) is 11.3. The number of pyridine rings is 1. The summed E-state index contributed by atoms with van der Waals surface area (Å²) >= 11 is 8.12. The number of hydrogen-bond acceptors (Lipinski definition) is 2. The lowest BCUT2D eigenvalue weighted by atomic mass is 10.2. The maximum Gasteiger partial charge on any atom is 0.125 e. The second-order valence-corrected chi connectivity index (χ2v) is 4.88. The van der Waals surface area contributed by atoms with Gasteiger partial charge in [0.25, 0.3) is 0 Å². The Bertz CT molecular complexity index is 547. The molecule has 0 bridgehead atoms. The van der Waals surface area contributed by atoms with Crippen LogP contribution in [-0.4, -0.2) is 12.1 Å². The summed E-state index contributed by atoms with van der Waals surface area (Å²) in [5.41, 5.74) is 1.45. The lowest BCUT2D eigenvalue weighted by Gasteiger charge is -2.06. The van der Waals surface area contributed by atoms with Gasteiger partial charge in [-0.2, -0.15) is 0 Å². The fraction of sp³-hybridized carbons (Fsp3) is 0.182. The maximum atomic E-state index is 13.2. The van der Waals surface area contributed by atoms with Crippen LogP contribution in [0.2, 0.25) is 5.02 Å². The van der Waals surface area contributed by atoms with E-state index in [2.05, 4.69) is 4.98 Å². The van der Waals surface area contributed by atoms with Crippen LogP contribution in [0.1, 0.15) is 5.69 Å². The molecule has 1 aromatic heterocycles. The largest absolute Gasteiger partial charge is 0.378 e. The van der Waals surface area contributed by atoms with Crippen molar-refractivity contribution < 1.29 is 9.13 Å². The van der Waals surface area contributed by atoms with E-state index in [4.69, 9.17) is 16.3 Å². The molecule has 0 amide bonds. The maximum absolute atomic E-state index is 13.2. The Morgan fingerprint density at radius 2 is 2.19 bits per heavy atom. The zero-order valence-electron chi connectivity index (χ0n) is 8.43. The van der Waals surface area contributed by atoms with Gasteiger partial charge in [0.1, 0.15) is 5.82 Å². The number of rotatable bonds is 2. The zero-order chi connectivity index (χ0) is 11.7. The third kappa shape index (κ3) is 2.28. The summed E-state index contributed by atoms with van der Waals surface area (Å²) in [6.45, 7) is 0.392. The third-order valence-corrected chi connectivity index (χ3v) is 3.26. The molecule has 0 radical (unpaired) electrons. The molecule has 0 saturated heterocycles. The van der Waals surface area contributed by atoms with Gasteiger partial charge in [-0.25, -0.2) is 9.37 Å². The Hall–Kier alpha value is -0.460. The van der Waals surface area contributed by atoms with Crippen molar-refractivity contribution in [2.45, 2.75) is 6.61 Å². The van der Waals surface area contributed by atoms with Gasteiger partial charge in [0, 0.05) is 16.1 Å². The van der Waals surface area contributed by atoms with Gasteiger partial charge in [-0.1, -0.05) is 11.6 Å². The van der Waals surface area contributed by atoms with Crippen LogP contribution in [0.3, 0.4) is 0 Å². The molecule has 0 unspecified atom stereocenters. The molecule has 0 atom stereocenters. The van der Waals surface area contributed by atoms with Crippen LogP contribution >= 0.6 is 34.2 Å². The Labute approximate surface area is 111 Å². The number of aromatic nitrogens is 1. The molecular formula is C11H8ClFINO. The summed E-state index contributed by atoms with van der Waals surface area (Å²) in [5, 5.41) is 1.13. The summed E-state index contributed by atoms with van der Waals surface area (Å²) in [6, 6.07) is 4.52. The predicted octanol–water partition coefficient (Wildman–Crippen LogP) is 3.78. The number of methoxy groups -OCH3 is 1. The van der Waals surface area contributed by atoms with Crippen molar-refractivity contribution in [3.05, 3.63) is 38.3 Å². The van der Waals surface area contributed by atoms with E-state index in [1.165, 1.54) is 12.1 Å². The summed E-state index contributed by atoms with van der Waals surface area (Å²) in [4.78, 5) is 4.38. The van der Waals surface area contributed by atoms with Crippen LogP contribution in [0.15, 0.2) is 18.2 Å². The van der Waals surface area contributed by atoms with Crippen molar-refractivity contribution in [3.63, 3.8) is 0 Å². The van der Waals surface area contributed by atoms with E-state index in [1.807, 2.05) is 22.6 Å². The second-order valence-electron chi connectivity index (χ2n) is 3.31. The van der Waals surface area contributed by atoms with Gasteiger partial charge < -0.3 is 4.74 Å². The van der Waals surface area contributed by atoms with Gasteiger partial charge in [0.2, 0.25) is 0 Å². The quantitative estimate of drug-likeness (QED) is 0.768. The molecule has 84 valence electrons. The van der Waals surface area contributed by atoms with E-state index in [0.29, 0.717) is 22.5 Å². The van der Waals surface area contributed by atoms with Crippen molar-refractivity contribution in [2.75, 3.05) is 7.11 Å². The normalized spacial score (nSPS) is 11.0. The first-order valence-electron chi connectivity index (χ1n) is 4.55. The summed E-state index contributed by atoms with van der Waals surface area (Å²) in [5.74, 6) is -0.305. The molecule has 1 aromatic carbocycles. The first-order valence-corrected chi connectivity index (χ1v) is 6.00. The van der Waals surface area contributed by atoms with Crippen molar-refractivity contribution in [2.24, 2.45) is 0 Å². The topological polar surface area (TPSA) is 22.1 Å². The first kappa shape index (κ1) is 12.0. The Balaban J connectivity index is 2.71. The number of nitrogens with zero attached hydrogens (tertiary/aromatic N) is 1. The first-order chi connectivity index (χ1) is 7.61. The average molecular weight is 352 g/mol. The molecule has 2 nitrogen and oxygen atoms in total. The number of halogens is 3. The summed E-state index contributed by atoms with van der Waals surface area (Å²) < 4.78 is 19.0. The van der Waals surface area contributed by atoms with Crippen LogP contribution in [0.4, 0.5) is 4.39 Å². The van der Waals surface area contributed by atoms with Crippen LogP contribution < -0.4 is 0 Å². The molecule has 2 rings (SSSR count). The summed E-state index contributed by atoms with van der Waals surface area (Å²) in [6.07, 6.45) is 0. The predicted molar refractivity (Wildman–Crippen MR) is 70.1 cm³/mol. The Kier molecular flexibility index (Phi) is 3.61. The van der Waals surface area contributed by atoms with Gasteiger partial charge in [-0.15, -0.1) is 0 Å². The van der Waals surface area contributed by atoms with Gasteiger partial charge in [0.05, 0.1) is 22.8 Å². The van der Waals surface area contributed by atoms with Crippen LogP contribution in [-0.2, 0) is 11.3 Å². The SMILES string of the molecule is COCc1cc(Cl)c2cc(F)cc(I)c2n1. The second kappa shape index (κ2) is 4.81. The van der Waals surface area contributed by atoms with Gasteiger partial charge >= 0.3 is 0 Å². The number of benzene rings is 1. The fourth-order valence-electron chi connectivity index (χ4n) is 1.48. The molecule has 0 saturated carbocycles. The van der Waals surface area contributed by atoms with E-state index < -0.39 is 0 Å². The lowest BCUT2D eigenvalue weighted by Crippen LogP contribution is -1.95. The van der Waals surface area contributed by atoms with Crippen LogP contribution in [0.5, 0.6) is 0 Å². The molecular weight excluding hydrogens is 343 g/mol. The molecule has 16 heavy (non-hydrogen) atoms. The van der Waals surface area contributed by atoms with Gasteiger partial charge in [-0.05, 0) is 40.8 Å². The fourth-order valence-corrected chi connectivity index (χ4v) is 2.46. The van der Waals surface area contributed by atoms with Gasteiger partial charge in [0.15, 0.2) is 0 Å². The van der Waals surface area contributed by atoms with Crippen molar-refractivity contribution >= 4 is 45.1 Å². The summed E-state index contributed by atoms with van der Waals surface area (Å²) in [7, 11) is 1.59. The lowest BCUT2D eigenvalue weighted by molar-refractivity contribution is 0.182. The highest BCUT2D eigenvalue weighted by atomic mass is 127. The van der Waals surface area contributed by atoms with E-state index in [0.717, 1.165) is 9.26 Å². The average Bonchev–Trinajstić information content (AvgIpc) is 2.20. The molecule has 5 heteroatoms. The minimum atomic E-state index is -0.305. The van der Waals surface area contributed by atoms with Crippen molar-refractivity contribution in [1.29, 1.82) is 0 Å². The molecule has 0 spiro atoms. The highest BCUT2D eigenvalue weighted by Crippen LogP contribution is 2.27. The van der Waals surface area contributed by atoms with Crippen LogP contribution in [0, 0.1) is 9.39 Å². The Morgan fingerprint density at radius 1 is 1.44 bits per heavy atom. The van der Waals surface area contributed by atoms with E-state index in [-0.39, 0.29) is 5.82 Å². The highest BCUT2D eigenvalue weighted by molar-refractivity contribution is 14.1. The number of fused-ring (bicyclic) bond motifs is 1.